The Hall–Kier alpha value is 0.200. The third-order valence-electron chi connectivity index (χ3n) is 1.65. The second kappa shape index (κ2) is 3.55. The number of esters is 1. The Morgan fingerprint density at radius 3 is 3.00 bits per heavy atom. The summed E-state index contributed by atoms with van der Waals surface area (Å²) in [5, 5.41) is 0. The molecule has 1 fully saturated rings. The molecule has 1 rings (SSSR count). The number of hydrogen-bond acceptors (Lipinski definition) is 2. The smallest absolute Gasteiger partial charge is 0.306 e. The molecule has 2 nitrogen and oxygen atoms in total. The molecule has 1 aliphatic heterocycles. The number of carbonyl (C=O) groups excluding carboxylic acids is 1. The van der Waals surface area contributed by atoms with Crippen molar-refractivity contribution in [2.45, 2.75) is 25.9 Å². The number of alkyl halides is 1. The second-order valence-corrected chi connectivity index (χ2v) is 3.69. The highest BCUT2D eigenvalue weighted by molar-refractivity contribution is 14.1. The van der Waals surface area contributed by atoms with E-state index in [4.69, 9.17) is 4.74 Å². The van der Waals surface area contributed by atoms with Crippen molar-refractivity contribution in [1.82, 2.24) is 0 Å². The zero-order valence-corrected chi connectivity index (χ0v) is 8.13. The fourth-order valence-electron chi connectivity index (χ4n) is 1.19. The Morgan fingerprint density at radius 2 is 2.50 bits per heavy atom. The predicted molar refractivity (Wildman–Crippen MR) is 47.2 cm³/mol. The number of cyclic esters (lactones) is 1. The predicted octanol–water partition coefficient (Wildman–Crippen LogP) is 1.76. The molecule has 1 heterocycles. The lowest BCUT2D eigenvalue weighted by atomic mass is 9.98. The highest BCUT2D eigenvalue weighted by Gasteiger charge is 2.24. The van der Waals surface area contributed by atoms with E-state index in [1.165, 1.54) is 0 Å². The molecule has 0 saturated carbocycles. The lowest BCUT2D eigenvalue weighted by molar-refractivity contribution is -0.154. The van der Waals surface area contributed by atoms with Gasteiger partial charge in [0.05, 0.1) is 0 Å². The maximum atomic E-state index is 10.8. The molecule has 3 heteroatoms. The number of carbonyl (C=O) groups is 1. The average molecular weight is 254 g/mol. The largest absolute Gasteiger partial charge is 0.462 e. The van der Waals surface area contributed by atoms with E-state index in [1.807, 2.05) is 0 Å². The summed E-state index contributed by atoms with van der Waals surface area (Å²) >= 11 is 2.25. The Labute approximate surface area is 74.5 Å². The molecule has 0 spiro atoms. The van der Waals surface area contributed by atoms with Gasteiger partial charge in [0.15, 0.2) is 0 Å². The number of hydrogen-bond donors (Lipinski definition) is 0. The second-order valence-electron chi connectivity index (χ2n) is 2.81. The summed E-state index contributed by atoms with van der Waals surface area (Å²) < 4.78 is 5.98. The van der Waals surface area contributed by atoms with Gasteiger partial charge < -0.3 is 4.74 Å². The van der Waals surface area contributed by atoms with Crippen molar-refractivity contribution >= 4 is 28.6 Å². The van der Waals surface area contributed by atoms with Gasteiger partial charge in [-0.25, -0.2) is 0 Å². The van der Waals surface area contributed by atoms with Crippen LogP contribution in [0.5, 0.6) is 0 Å². The molecular weight excluding hydrogens is 243 g/mol. The Bertz CT molecular complexity index is 136. The van der Waals surface area contributed by atoms with Gasteiger partial charge in [-0.05, 0) is 12.3 Å². The molecule has 0 aliphatic carbocycles. The SMILES string of the molecule is C[C@H]1CC(=O)O[C@@H](CI)C1. The van der Waals surface area contributed by atoms with E-state index in [-0.39, 0.29) is 12.1 Å². The van der Waals surface area contributed by atoms with Crippen molar-refractivity contribution in [3.63, 3.8) is 0 Å². The van der Waals surface area contributed by atoms with Gasteiger partial charge in [0.1, 0.15) is 6.10 Å². The minimum atomic E-state index is -0.0274. The van der Waals surface area contributed by atoms with Crippen LogP contribution in [0.15, 0.2) is 0 Å². The number of rotatable bonds is 1. The van der Waals surface area contributed by atoms with E-state index in [1.54, 1.807) is 0 Å². The number of ether oxygens (including phenoxy) is 1. The minimum Gasteiger partial charge on any atom is -0.462 e. The van der Waals surface area contributed by atoms with Gasteiger partial charge in [-0.3, -0.25) is 4.79 Å². The van der Waals surface area contributed by atoms with Crippen molar-refractivity contribution in [1.29, 1.82) is 0 Å². The maximum Gasteiger partial charge on any atom is 0.306 e. The van der Waals surface area contributed by atoms with E-state index in [9.17, 15) is 4.79 Å². The van der Waals surface area contributed by atoms with E-state index in [2.05, 4.69) is 29.5 Å². The van der Waals surface area contributed by atoms with Gasteiger partial charge in [-0.2, -0.15) is 0 Å². The zero-order valence-electron chi connectivity index (χ0n) is 5.97. The average Bonchev–Trinajstić information content (AvgIpc) is 1.85. The quantitative estimate of drug-likeness (QED) is 0.405. The van der Waals surface area contributed by atoms with Gasteiger partial charge in [0.25, 0.3) is 0 Å². The fourth-order valence-corrected chi connectivity index (χ4v) is 1.73. The van der Waals surface area contributed by atoms with Gasteiger partial charge in [-0.15, -0.1) is 0 Å². The lowest BCUT2D eigenvalue weighted by Crippen LogP contribution is -2.29. The van der Waals surface area contributed by atoms with Crippen LogP contribution < -0.4 is 0 Å². The standard InChI is InChI=1S/C7H11IO2/c1-5-2-6(4-8)10-7(9)3-5/h5-6H,2-4H2,1H3/t5-,6-/m1/s1. The monoisotopic (exact) mass is 254 g/mol. The molecule has 0 aromatic rings. The molecule has 1 aliphatic rings. The van der Waals surface area contributed by atoms with Crippen LogP contribution in [0.1, 0.15) is 19.8 Å². The Balaban J connectivity index is 2.42. The lowest BCUT2D eigenvalue weighted by Gasteiger charge is -2.24. The van der Waals surface area contributed by atoms with Crippen molar-refractivity contribution < 1.29 is 9.53 Å². The normalized spacial score (nSPS) is 33.6. The molecule has 58 valence electrons. The van der Waals surface area contributed by atoms with Crippen molar-refractivity contribution in [2.75, 3.05) is 4.43 Å². The highest BCUT2D eigenvalue weighted by atomic mass is 127. The van der Waals surface area contributed by atoms with Crippen molar-refractivity contribution in [3.05, 3.63) is 0 Å². The summed E-state index contributed by atoms with van der Waals surface area (Å²) in [6.45, 7) is 2.10. The first-order valence-electron chi connectivity index (χ1n) is 3.48. The summed E-state index contributed by atoms with van der Waals surface area (Å²) in [6.07, 6.45) is 1.82. The first-order chi connectivity index (χ1) is 4.72. The van der Waals surface area contributed by atoms with Crippen LogP contribution >= 0.6 is 22.6 Å². The first-order valence-corrected chi connectivity index (χ1v) is 5.00. The van der Waals surface area contributed by atoms with E-state index in [0.29, 0.717) is 12.3 Å². The summed E-state index contributed by atoms with van der Waals surface area (Å²) in [5.74, 6) is 0.487. The number of halogens is 1. The van der Waals surface area contributed by atoms with Crippen LogP contribution in [0.4, 0.5) is 0 Å². The Kier molecular flexibility index (Phi) is 2.95. The van der Waals surface area contributed by atoms with E-state index < -0.39 is 0 Å². The zero-order chi connectivity index (χ0) is 7.56. The molecule has 0 unspecified atom stereocenters. The van der Waals surface area contributed by atoms with Crippen LogP contribution in [-0.2, 0) is 9.53 Å². The molecule has 0 radical (unpaired) electrons. The van der Waals surface area contributed by atoms with Crippen molar-refractivity contribution in [2.24, 2.45) is 5.92 Å². The van der Waals surface area contributed by atoms with Crippen LogP contribution in [-0.4, -0.2) is 16.5 Å². The van der Waals surface area contributed by atoms with Crippen LogP contribution in [0.25, 0.3) is 0 Å². The van der Waals surface area contributed by atoms with E-state index in [0.717, 1.165) is 10.8 Å². The summed E-state index contributed by atoms with van der Waals surface area (Å²) in [7, 11) is 0. The van der Waals surface area contributed by atoms with Gasteiger partial charge in [0.2, 0.25) is 0 Å². The molecule has 10 heavy (non-hydrogen) atoms. The van der Waals surface area contributed by atoms with Gasteiger partial charge in [-0.1, -0.05) is 29.5 Å². The van der Waals surface area contributed by atoms with Crippen LogP contribution in [0.3, 0.4) is 0 Å². The third kappa shape index (κ3) is 2.11. The minimum absolute atomic E-state index is 0.0274. The summed E-state index contributed by atoms with van der Waals surface area (Å²) in [4.78, 5) is 10.8. The summed E-state index contributed by atoms with van der Waals surface area (Å²) in [6, 6.07) is 0. The maximum absolute atomic E-state index is 10.8. The van der Waals surface area contributed by atoms with Crippen molar-refractivity contribution in [3.8, 4) is 0 Å². The molecular formula is C7H11IO2. The van der Waals surface area contributed by atoms with Crippen LogP contribution in [0, 0.1) is 5.92 Å². The first kappa shape index (κ1) is 8.30. The fraction of sp³-hybridized carbons (Fsp3) is 0.857. The Morgan fingerprint density at radius 1 is 1.80 bits per heavy atom. The molecule has 0 bridgehead atoms. The van der Waals surface area contributed by atoms with Gasteiger partial charge in [0, 0.05) is 10.8 Å². The molecule has 0 aromatic carbocycles. The third-order valence-corrected chi connectivity index (χ3v) is 2.63. The van der Waals surface area contributed by atoms with Crippen LogP contribution in [0.2, 0.25) is 0 Å². The molecule has 2 atom stereocenters. The topological polar surface area (TPSA) is 26.3 Å². The molecule has 0 N–H and O–H groups in total. The van der Waals surface area contributed by atoms with Gasteiger partial charge >= 0.3 is 5.97 Å². The molecule has 0 aromatic heterocycles. The van der Waals surface area contributed by atoms with E-state index >= 15 is 0 Å². The molecule has 0 amide bonds. The summed E-state index contributed by atoms with van der Waals surface area (Å²) in [5.41, 5.74) is 0. The molecule has 1 saturated heterocycles. The highest BCUT2D eigenvalue weighted by Crippen LogP contribution is 2.21.